The molecule has 3 aromatic rings. The van der Waals surface area contributed by atoms with Crippen LogP contribution in [0, 0.1) is 18.8 Å². The predicted octanol–water partition coefficient (Wildman–Crippen LogP) is 4.52. The summed E-state index contributed by atoms with van der Waals surface area (Å²) in [6.07, 6.45) is 1.79. The fourth-order valence-electron chi connectivity index (χ4n) is 4.69. The number of nitrogens with zero attached hydrogens (tertiary/aromatic N) is 4. The van der Waals surface area contributed by atoms with E-state index >= 15 is 0 Å². The van der Waals surface area contributed by atoms with Crippen molar-refractivity contribution < 1.29 is 9.53 Å². The molecule has 3 atom stereocenters. The average molecular weight is 456 g/mol. The van der Waals surface area contributed by atoms with Gasteiger partial charge in [-0.2, -0.15) is 10.1 Å². The highest BCUT2D eigenvalue weighted by Crippen LogP contribution is 2.40. The first kappa shape index (κ1) is 21.0. The molecule has 1 saturated heterocycles. The van der Waals surface area contributed by atoms with Crippen molar-refractivity contribution in [3.05, 3.63) is 23.2 Å². The second-order valence-corrected chi connectivity index (χ2v) is 10.7. The number of aryl methyl sites for hydroxylation is 1. The zero-order valence-electron chi connectivity index (χ0n) is 18.8. The highest BCUT2D eigenvalue weighted by atomic mass is 32.1. The van der Waals surface area contributed by atoms with E-state index in [-0.39, 0.29) is 6.09 Å². The average Bonchev–Trinajstić information content (AvgIpc) is 3.44. The van der Waals surface area contributed by atoms with Gasteiger partial charge < -0.3 is 20.3 Å². The van der Waals surface area contributed by atoms with Crippen molar-refractivity contribution in [2.24, 2.45) is 11.8 Å². The molecule has 1 aliphatic heterocycles. The third-order valence-corrected chi connectivity index (χ3v) is 6.82. The molecule has 0 radical (unpaired) electrons. The number of amides is 1. The lowest BCUT2D eigenvalue weighted by Gasteiger charge is -2.25. The van der Waals surface area contributed by atoms with Crippen molar-refractivity contribution in [1.29, 1.82) is 0 Å². The molecule has 0 unspecified atom stereocenters. The van der Waals surface area contributed by atoms with Crippen LogP contribution in [-0.4, -0.2) is 55.9 Å². The Morgan fingerprint density at radius 1 is 1.25 bits per heavy atom. The molecule has 3 N–H and O–H groups in total. The number of ether oxygens (including phenoxy) is 1. The quantitative estimate of drug-likeness (QED) is 0.531. The number of thiophene rings is 1. The number of aromatic nitrogens is 4. The minimum atomic E-state index is -0.461. The summed E-state index contributed by atoms with van der Waals surface area (Å²) >= 11 is 1.60. The number of hydrogen-bond acceptors (Lipinski definition) is 8. The van der Waals surface area contributed by atoms with E-state index in [0.29, 0.717) is 23.8 Å². The van der Waals surface area contributed by atoms with E-state index < -0.39 is 5.60 Å². The predicted molar refractivity (Wildman–Crippen MR) is 125 cm³/mol. The van der Waals surface area contributed by atoms with Crippen LogP contribution in [0.15, 0.2) is 17.5 Å². The number of H-pyrrole nitrogens is 1. The molecule has 0 bridgehead atoms. The van der Waals surface area contributed by atoms with Gasteiger partial charge in [0.1, 0.15) is 16.2 Å². The molecule has 0 aromatic carbocycles. The molecule has 170 valence electrons. The van der Waals surface area contributed by atoms with Gasteiger partial charge in [-0.25, -0.2) is 9.78 Å². The Labute approximate surface area is 191 Å². The Morgan fingerprint density at radius 2 is 2.00 bits per heavy atom. The lowest BCUT2D eigenvalue weighted by molar-refractivity contribution is 0.0280. The molecule has 1 amide bonds. The van der Waals surface area contributed by atoms with Crippen LogP contribution >= 0.6 is 11.3 Å². The van der Waals surface area contributed by atoms with Crippen LogP contribution in [0.4, 0.5) is 22.4 Å². The highest BCUT2D eigenvalue weighted by molar-refractivity contribution is 7.16. The van der Waals surface area contributed by atoms with Gasteiger partial charge >= 0.3 is 6.09 Å². The minimum absolute atomic E-state index is 0.202. The molecule has 4 heterocycles. The molecule has 10 heteroatoms. The molecule has 0 spiro atoms. The fraction of sp³-hybridized carbons (Fsp3) is 0.545. The summed E-state index contributed by atoms with van der Waals surface area (Å²) in [4.78, 5) is 24.7. The number of aromatic amines is 1. The molecule has 3 aromatic heterocycles. The van der Waals surface area contributed by atoms with Gasteiger partial charge in [0.05, 0.1) is 5.39 Å². The van der Waals surface area contributed by atoms with Gasteiger partial charge in [-0.3, -0.25) is 5.10 Å². The van der Waals surface area contributed by atoms with Crippen molar-refractivity contribution >= 4 is 45.2 Å². The van der Waals surface area contributed by atoms with Crippen LogP contribution in [0.5, 0.6) is 0 Å². The summed E-state index contributed by atoms with van der Waals surface area (Å²) < 4.78 is 5.54. The van der Waals surface area contributed by atoms with Crippen molar-refractivity contribution in [3.63, 3.8) is 0 Å². The number of hydrogen-bond donors (Lipinski definition) is 3. The topological polar surface area (TPSA) is 108 Å². The molecule has 9 nitrogen and oxygen atoms in total. The third kappa shape index (κ3) is 4.36. The normalized spacial score (nSPS) is 22.9. The van der Waals surface area contributed by atoms with Gasteiger partial charge in [0.25, 0.3) is 0 Å². The number of anilines is 3. The molecule has 5 rings (SSSR count). The summed E-state index contributed by atoms with van der Waals surface area (Å²) in [5.41, 5.74) is 0.524. The van der Waals surface area contributed by atoms with Crippen molar-refractivity contribution in [2.75, 3.05) is 23.7 Å². The second kappa shape index (κ2) is 7.91. The number of carbonyl (C=O) groups excluding carboxylic acids is 1. The van der Waals surface area contributed by atoms with Crippen LogP contribution in [0.25, 0.3) is 10.2 Å². The molecule has 1 aliphatic carbocycles. The maximum atomic E-state index is 12.4. The summed E-state index contributed by atoms with van der Waals surface area (Å²) in [6.45, 7) is 9.20. The van der Waals surface area contributed by atoms with Gasteiger partial charge in [-0.15, -0.1) is 11.3 Å². The van der Waals surface area contributed by atoms with E-state index in [1.54, 1.807) is 11.3 Å². The first-order chi connectivity index (χ1) is 15.2. The monoisotopic (exact) mass is 455 g/mol. The molecular formula is C22H29N7O2S. The molecule has 32 heavy (non-hydrogen) atoms. The Morgan fingerprint density at radius 3 is 2.66 bits per heavy atom. The first-order valence-electron chi connectivity index (χ1n) is 11.0. The lowest BCUT2D eigenvalue weighted by Crippen LogP contribution is -2.36. The highest BCUT2D eigenvalue weighted by Gasteiger charge is 2.43. The van der Waals surface area contributed by atoms with Crippen LogP contribution in [0.3, 0.4) is 0 Å². The fourth-order valence-corrected chi connectivity index (χ4v) is 5.46. The van der Waals surface area contributed by atoms with Gasteiger partial charge in [-0.05, 0) is 63.8 Å². The smallest absolute Gasteiger partial charge is 0.410 e. The number of rotatable bonds is 4. The zero-order chi connectivity index (χ0) is 22.5. The van der Waals surface area contributed by atoms with E-state index in [2.05, 4.69) is 20.8 Å². The van der Waals surface area contributed by atoms with Crippen molar-refractivity contribution in [1.82, 2.24) is 25.1 Å². The maximum Gasteiger partial charge on any atom is 0.410 e. The number of nitrogens with one attached hydrogen (secondary N) is 3. The Hall–Kier alpha value is -2.88. The van der Waals surface area contributed by atoms with Gasteiger partial charge in [0.15, 0.2) is 5.82 Å². The summed E-state index contributed by atoms with van der Waals surface area (Å²) in [5, 5.41) is 17.1. The minimum Gasteiger partial charge on any atom is -0.444 e. The molecule has 1 saturated carbocycles. The summed E-state index contributed by atoms with van der Waals surface area (Å²) in [7, 11) is 0. The number of likely N-dealkylation sites (tertiary alicyclic amines) is 1. The number of fused-ring (bicyclic) bond motifs is 2. The standard InChI is InChI=1S/C22H29N7O2S/c1-12-7-17(28-27-12)24-18-16-5-6-32-19(16)26-20(25-18)23-15-8-13-10-29(11-14(13)9-15)21(30)31-22(2,3)4/h5-7,13-15H,8-11H2,1-4H3,(H3,23,24,25,26,27,28)/t13-,14+,15-. The second-order valence-electron chi connectivity index (χ2n) is 9.81. The van der Waals surface area contributed by atoms with Crippen LogP contribution in [0.2, 0.25) is 0 Å². The Balaban J connectivity index is 1.25. The van der Waals surface area contributed by atoms with E-state index in [9.17, 15) is 4.79 Å². The summed E-state index contributed by atoms with van der Waals surface area (Å²) in [5.74, 6) is 3.07. The van der Waals surface area contributed by atoms with Crippen molar-refractivity contribution in [3.8, 4) is 0 Å². The Kier molecular flexibility index (Phi) is 5.19. The zero-order valence-corrected chi connectivity index (χ0v) is 19.6. The summed E-state index contributed by atoms with van der Waals surface area (Å²) in [6, 6.07) is 4.27. The van der Waals surface area contributed by atoms with Crippen LogP contribution < -0.4 is 10.6 Å². The van der Waals surface area contributed by atoms with E-state index in [1.807, 2.05) is 50.1 Å². The van der Waals surface area contributed by atoms with Crippen LogP contribution in [-0.2, 0) is 4.74 Å². The number of carbonyl (C=O) groups is 1. The van der Waals surface area contributed by atoms with Gasteiger partial charge in [0, 0.05) is 30.9 Å². The van der Waals surface area contributed by atoms with E-state index in [1.165, 1.54) is 0 Å². The van der Waals surface area contributed by atoms with Crippen molar-refractivity contribution in [2.45, 2.75) is 52.2 Å². The van der Waals surface area contributed by atoms with Gasteiger partial charge in [-0.1, -0.05) is 0 Å². The molecular weight excluding hydrogens is 426 g/mol. The largest absolute Gasteiger partial charge is 0.444 e. The third-order valence-electron chi connectivity index (χ3n) is 6.01. The van der Waals surface area contributed by atoms with E-state index in [0.717, 1.165) is 53.5 Å². The van der Waals surface area contributed by atoms with Crippen LogP contribution in [0.1, 0.15) is 39.3 Å². The maximum absolute atomic E-state index is 12.4. The SMILES string of the molecule is Cc1cc(Nc2nc(N[C@@H]3C[C@@H]4CN(C(=O)OC(C)(C)C)C[C@@H]4C3)nc3sccc23)n[nH]1. The van der Waals surface area contributed by atoms with E-state index in [4.69, 9.17) is 14.7 Å². The molecule has 2 aliphatic rings. The first-order valence-corrected chi connectivity index (χ1v) is 11.9. The molecule has 2 fully saturated rings. The van der Waals surface area contributed by atoms with Gasteiger partial charge in [0.2, 0.25) is 5.95 Å². The lowest BCUT2D eigenvalue weighted by atomic mass is 10.0. The Bertz CT molecular complexity index is 1120.